The molecule has 1 heterocycles. The highest BCUT2D eigenvalue weighted by atomic mass is 16.4. The molecule has 1 aliphatic rings. The van der Waals surface area contributed by atoms with E-state index in [2.05, 4.69) is 0 Å². The summed E-state index contributed by atoms with van der Waals surface area (Å²) >= 11 is 0. The van der Waals surface area contributed by atoms with Crippen molar-refractivity contribution in [2.45, 2.75) is 38.1 Å². The van der Waals surface area contributed by atoms with Crippen LogP contribution in [-0.2, 0) is 16.0 Å². The van der Waals surface area contributed by atoms with Crippen molar-refractivity contribution in [2.24, 2.45) is 5.92 Å². The Morgan fingerprint density at radius 2 is 2.00 bits per heavy atom. The van der Waals surface area contributed by atoms with E-state index in [-0.39, 0.29) is 11.9 Å². The largest absolute Gasteiger partial charge is 0.481 e. The summed E-state index contributed by atoms with van der Waals surface area (Å²) in [7, 11) is 3.48. The Labute approximate surface area is 147 Å². The predicted octanol–water partition coefficient (Wildman–Crippen LogP) is 2.67. The van der Waals surface area contributed by atoms with E-state index in [1.807, 2.05) is 28.8 Å². The highest BCUT2D eigenvalue weighted by Gasteiger charge is 2.36. The average molecular weight is 343 g/mol. The minimum Gasteiger partial charge on any atom is -0.481 e. The molecule has 1 aliphatic carbocycles. The van der Waals surface area contributed by atoms with Gasteiger partial charge in [-0.2, -0.15) is 0 Å². The SMILES string of the molecule is CN(C)C(=O)CCc1c(N)n(C2CCCC2C(=O)O)c2ccccc12. The van der Waals surface area contributed by atoms with Gasteiger partial charge in [0.25, 0.3) is 0 Å². The lowest BCUT2D eigenvalue weighted by Crippen LogP contribution is -2.23. The topological polar surface area (TPSA) is 88.6 Å². The lowest BCUT2D eigenvalue weighted by atomic mass is 10.0. The number of carbonyl (C=O) groups excluding carboxylic acids is 1. The van der Waals surface area contributed by atoms with Crippen molar-refractivity contribution in [3.8, 4) is 0 Å². The van der Waals surface area contributed by atoms with Gasteiger partial charge in [-0.25, -0.2) is 0 Å². The van der Waals surface area contributed by atoms with Crippen LogP contribution in [-0.4, -0.2) is 40.5 Å². The number of nitrogens with zero attached hydrogens (tertiary/aromatic N) is 2. The number of anilines is 1. The zero-order valence-corrected chi connectivity index (χ0v) is 14.7. The van der Waals surface area contributed by atoms with Gasteiger partial charge in [0.1, 0.15) is 5.82 Å². The Balaban J connectivity index is 2.03. The third kappa shape index (κ3) is 3.08. The number of fused-ring (bicyclic) bond motifs is 1. The van der Waals surface area contributed by atoms with Crippen molar-refractivity contribution in [3.05, 3.63) is 29.8 Å². The Hall–Kier alpha value is -2.50. The van der Waals surface area contributed by atoms with E-state index in [9.17, 15) is 14.7 Å². The molecule has 3 rings (SSSR count). The van der Waals surface area contributed by atoms with Crippen molar-refractivity contribution >= 4 is 28.6 Å². The second-order valence-corrected chi connectivity index (χ2v) is 6.98. The number of carboxylic acid groups (broad SMARTS) is 1. The fraction of sp³-hybridized carbons (Fsp3) is 0.474. The molecule has 1 aromatic heterocycles. The molecule has 134 valence electrons. The summed E-state index contributed by atoms with van der Waals surface area (Å²) in [5.41, 5.74) is 8.38. The first-order chi connectivity index (χ1) is 11.9. The van der Waals surface area contributed by atoms with E-state index in [1.54, 1.807) is 19.0 Å². The van der Waals surface area contributed by atoms with E-state index in [0.29, 0.717) is 25.1 Å². The molecule has 0 spiro atoms. The van der Waals surface area contributed by atoms with Crippen LogP contribution in [0.15, 0.2) is 24.3 Å². The van der Waals surface area contributed by atoms with Gasteiger partial charge < -0.3 is 20.3 Å². The molecule has 2 aromatic rings. The first-order valence-electron chi connectivity index (χ1n) is 8.72. The van der Waals surface area contributed by atoms with Crippen molar-refractivity contribution < 1.29 is 14.7 Å². The number of nitrogen functional groups attached to an aromatic ring is 1. The molecule has 0 bridgehead atoms. The van der Waals surface area contributed by atoms with E-state index >= 15 is 0 Å². The van der Waals surface area contributed by atoms with Gasteiger partial charge in [0.15, 0.2) is 0 Å². The molecule has 1 aromatic carbocycles. The molecule has 0 radical (unpaired) electrons. The standard InChI is InChI=1S/C19H25N3O3/c1-21(2)17(23)11-10-13-12-6-3-4-8-15(12)22(18(13)20)16-9-5-7-14(16)19(24)25/h3-4,6,8,14,16H,5,7,9-11,20H2,1-2H3,(H,24,25). The van der Waals surface area contributed by atoms with Crippen LogP contribution in [0.2, 0.25) is 0 Å². The number of rotatable bonds is 5. The van der Waals surface area contributed by atoms with Crippen molar-refractivity contribution in [3.63, 3.8) is 0 Å². The van der Waals surface area contributed by atoms with Crippen LogP contribution in [0.5, 0.6) is 0 Å². The molecule has 2 unspecified atom stereocenters. The molecule has 3 N–H and O–H groups in total. The number of amides is 1. The third-order valence-electron chi connectivity index (χ3n) is 5.27. The van der Waals surface area contributed by atoms with Gasteiger partial charge in [0, 0.05) is 37.5 Å². The summed E-state index contributed by atoms with van der Waals surface area (Å²) in [5, 5.41) is 10.6. The number of aliphatic carboxylic acids is 1. The van der Waals surface area contributed by atoms with E-state index < -0.39 is 11.9 Å². The molecular weight excluding hydrogens is 318 g/mol. The minimum atomic E-state index is -0.760. The van der Waals surface area contributed by atoms with Crippen LogP contribution in [0.25, 0.3) is 10.9 Å². The van der Waals surface area contributed by atoms with E-state index in [4.69, 9.17) is 5.73 Å². The number of hydrogen-bond donors (Lipinski definition) is 2. The Kier molecular flexibility index (Phi) is 4.70. The molecule has 1 fully saturated rings. The van der Waals surface area contributed by atoms with Gasteiger partial charge in [-0.15, -0.1) is 0 Å². The van der Waals surface area contributed by atoms with Crippen molar-refractivity contribution in [2.75, 3.05) is 19.8 Å². The van der Waals surface area contributed by atoms with Gasteiger partial charge in [-0.3, -0.25) is 9.59 Å². The van der Waals surface area contributed by atoms with Crippen LogP contribution in [0.4, 0.5) is 5.82 Å². The summed E-state index contributed by atoms with van der Waals surface area (Å²) in [6.07, 6.45) is 3.33. The smallest absolute Gasteiger partial charge is 0.308 e. The number of carboxylic acids is 1. The van der Waals surface area contributed by atoms with Gasteiger partial charge >= 0.3 is 5.97 Å². The monoisotopic (exact) mass is 343 g/mol. The van der Waals surface area contributed by atoms with Crippen LogP contribution < -0.4 is 5.73 Å². The second-order valence-electron chi connectivity index (χ2n) is 6.98. The fourth-order valence-corrected chi connectivity index (χ4v) is 3.97. The van der Waals surface area contributed by atoms with E-state index in [0.717, 1.165) is 29.3 Å². The number of carbonyl (C=O) groups is 2. The lowest BCUT2D eigenvalue weighted by Gasteiger charge is -2.21. The number of aryl methyl sites for hydroxylation is 1. The lowest BCUT2D eigenvalue weighted by molar-refractivity contribution is -0.142. The van der Waals surface area contributed by atoms with Crippen LogP contribution in [0.3, 0.4) is 0 Å². The highest BCUT2D eigenvalue weighted by molar-refractivity contribution is 5.90. The van der Waals surface area contributed by atoms with Gasteiger partial charge in [0.2, 0.25) is 5.91 Å². The number of aromatic nitrogens is 1. The fourth-order valence-electron chi connectivity index (χ4n) is 3.97. The quantitative estimate of drug-likeness (QED) is 0.873. The first kappa shape index (κ1) is 17.3. The molecular formula is C19H25N3O3. The molecule has 0 saturated heterocycles. The number of benzene rings is 1. The Morgan fingerprint density at radius 3 is 2.68 bits per heavy atom. The number of hydrogen-bond acceptors (Lipinski definition) is 3. The Bertz CT molecular complexity index is 810. The summed E-state index contributed by atoms with van der Waals surface area (Å²) in [5.74, 6) is -0.509. The molecule has 1 amide bonds. The third-order valence-corrected chi connectivity index (χ3v) is 5.27. The summed E-state index contributed by atoms with van der Waals surface area (Å²) < 4.78 is 2.00. The number of para-hydroxylation sites is 1. The zero-order valence-electron chi connectivity index (χ0n) is 14.7. The molecule has 25 heavy (non-hydrogen) atoms. The van der Waals surface area contributed by atoms with Crippen LogP contribution >= 0.6 is 0 Å². The average Bonchev–Trinajstić information content (AvgIpc) is 3.14. The van der Waals surface area contributed by atoms with Gasteiger partial charge in [-0.1, -0.05) is 24.6 Å². The molecule has 6 nitrogen and oxygen atoms in total. The highest BCUT2D eigenvalue weighted by Crippen LogP contribution is 2.42. The summed E-state index contributed by atoms with van der Waals surface area (Å²) in [6.45, 7) is 0. The summed E-state index contributed by atoms with van der Waals surface area (Å²) in [6, 6.07) is 7.76. The maximum absolute atomic E-state index is 12.0. The van der Waals surface area contributed by atoms with E-state index in [1.165, 1.54) is 0 Å². The van der Waals surface area contributed by atoms with Gasteiger partial charge in [0.05, 0.1) is 11.4 Å². The minimum absolute atomic E-state index is 0.0560. The maximum atomic E-state index is 12.0. The molecule has 6 heteroatoms. The molecule has 2 atom stereocenters. The molecule has 0 aliphatic heterocycles. The van der Waals surface area contributed by atoms with Crippen molar-refractivity contribution in [1.29, 1.82) is 0 Å². The van der Waals surface area contributed by atoms with Crippen LogP contribution in [0, 0.1) is 5.92 Å². The normalized spacial score (nSPS) is 20.1. The van der Waals surface area contributed by atoms with Crippen molar-refractivity contribution in [1.82, 2.24) is 9.47 Å². The Morgan fingerprint density at radius 1 is 1.28 bits per heavy atom. The second kappa shape index (κ2) is 6.78. The number of nitrogens with two attached hydrogens (primary N) is 1. The maximum Gasteiger partial charge on any atom is 0.308 e. The van der Waals surface area contributed by atoms with Crippen LogP contribution in [0.1, 0.15) is 37.3 Å². The predicted molar refractivity (Wildman–Crippen MR) is 97.4 cm³/mol. The summed E-state index contributed by atoms with van der Waals surface area (Å²) in [4.78, 5) is 25.2. The zero-order chi connectivity index (χ0) is 18.1. The van der Waals surface area contributed by atoms with Gasteiger partial charge in [-0.05, 0) is 25.3 Å². The first-order valence-corrected chi connectivity index (χ1v) is 8.72. The molecule has 1 saturated carbocycles.